The topological polar surface area (TPSA) is 69.6 Å². The van der Waals surface area contributed by atoms with E-state index < -0.39 is 12.1 Å². The van der Waals surface area contributed by atoms with Crippen LogP contribution in [0.3, 0.4) is 0 Å². The number of nitrogens with one attached hydrogen (secondary N) is 1. The minimum absolute atomic E-state index is 0.242. The molecule has 0 bridgehead atoms. The minimum atomic E-state index is -0.828. The molecule has 0 aromatic rings. The molecule has 0 fully saturated rings. The fourth-order valence-electron chi connectivity index (χ4n) is 3.33. The SMILES string of the molecule is CCCCCCCCCCCCCCCCC=CC(O)C(CO)NC(C)=O. The third-order valence-electron chi connectivity index (χ3n) is 5.06. The Morgan fingerprint density at radius 3 is 1.70 bits per heavy atom. The van der Waals surface area contributed by atoms with Gasteiger partial charge in [-0.05, 0) is 12.8 Å². The second-order valence-electron chi connectivity index (χ2n) is 7.79. The Hall–Kier alpha value is -0.870. The lowest BCUT2D eigenvalue weighted by molar-refractivity contribution is -0.120. The standard InChI is InChI=1S/C23H45NO3/c1-3-4-5-6-7-8-9-10-11-12-13-14-15-16-17-18-19-23(27)22(20-25)24-21(2)26/h18-19,22-23,25,27H,3-17,20H2,1-2H3,(H,24,26). The summed E-state index contributed by atoms with van der Waals surface area (Å²) in [7, 11) is 0. The van der Waals surface area contributed by atoms with E-state index in [0.29, 0.717) is 0 Å². The Morgan fingerprint density at radius 1 is 0.852 bits per heavy atom. The Morgan fingerprint density at radius 2 is 1.30 bits per heavy atom. The molecule has 3 N–H and O–H groups in total. The Balaban J connectivity index is 3.38. The van der Waals surface area contributed by atoms with Crippen LogP contribution in [0.4, 0.5) is 0 Å². The van der Waals surface area contributed by atoms with Gasteiger partial charge in [0.2, 0.25) is 5.91 Å². The van der Waals surface area contributed by atoms with Crippen LogP contribution in [0, 0.1) is 0 Å². The van der Waals surface area contributed by atoms with Crippen molar-refractivity contribution in [1.82, 2.24) is 5.32 Å². The number of aliphatic hydroxyl groups excluding tert-OH is 2. The number of unbranched alkanes of at least 4 members (excludes halogenated alkanes) is 14. The van der Waals surface area contributed by atoms with Crippen molar-refractivity contribution in [3.8, 4) is 0 Å². The Kier molecular flexibility index (Phi) is 19.2. The number of allylic oxidation sites excluding steroid dienone is 1. The quantitative estimate of drug-likeness (QED) is 0.210. The first-order chi connectivity index (χ1) is 13.1. The molecule has 1 amide bonds. The van der Waals surface area contributed by atoms with Crippen LogP contribution in [0.2, 0.25) is 0 Å². The molecular formula is C23H45NO3. The molecule has 2 atom stereocenters. The highest BCUT2D eigenvalue weighted by atomic mass is 16.3. The normalized spacial score (nSPS) is 13.8. The third-order valence-corrected chi connectivity index (χ3v) is 5.06. The average molecular weight is 384 g/mol. The van der Waals surface area contributed by atoms with E-state index >= 15 is 0 Å². The molecule has 27 heavy (non-hydrogen) atoms. The monoisotopic (exact) mass is 383 g/mol. The maximum absolute atomic E-state index is 11.0. The molecule has 0 aliphatic heterocycles. The number of hydrogen-bond acceptors (Lipinski definition) is 3. The van der Waals surface area contributed by atoms with Crippen molar-refractivity contribution >= 4 is 5.91 Å². The van der Waals surface area contributed by atoms with E-state index in [1.807, 2.05) is 6.08 Å². The molecule has 4 nitrogen and oxygen atoms in total. The number of aliphatic hydroxyl groups is 2. The van der Waals surface area contributed by atoms with E-state index in [-0.39, 0.29) is 12.5 Å². The minimum Gasteiger partial charge on any atom is -0.394 e. The number of hydrogen-bond donors (Lipinski definition) is 3. The highest BCUT2D eigenvalue weighted by molar-refractivity contribution is 5.73. The molecule has 2 unspecified atom stereocenters. The number of carbonyl (C=O) groups excluding carboxylic acids is 1. The second kappa shape index (κ2) is 19.9. The molecule has 0 radical (unpaired) electrons. The summed E-state index contributed by atoms with van der Waals surface area (Å²) in [4.78, 5) is 11.0. The van der Waals surface area contributed by atoms with Crippen molar-refractivity contribution in [2.75, 3.05) is 6.61 Å². The van der Waals surface area contributed by atoms with Crippen LogP contribution in [0.25, 0.3) is 0 Å². The van der Waals surface area contributed by atoms with Crippen LogP contribution in [0.5, 0.6) is 0 Å². The van der Waals surface area contributed by atoms with Crippen molar-refractivity contribution in [1.29, 1.82) is 0 Å². The first kappa shape index (κ1) is 26.1. The predicted molar refractivity (Wildman–Crippen MR) is 115 cm³/mol. The van der Waals surface area contributed by atoms with Gasteiger partial charge in [-0.2, -0.15) is 0 Å². The Bertz CT molecular complexity index is 358. The highest BCUT2D eigenvalue weighted by Crippen LogP contribution is 2.13. The second-order valence-corrected chi connectivity index (χ2v) is 7.79. The van der Waals surface area contributed by atoms with Gasteiger partial charge in [0.25, 0.3) is 0 Å². The molecule has 0 rings (SSSR count). The molecule has 0 saturated heterocycles. The largest absolute Gasteiger partial charge is 0.394 e. The van der Waals surface area contributed by atoms with E-state index in [4.69, 9.17) is 0 Å². The zero-order valence-corrected chi connectivity index (χ0v) is 17.9. The van der Waals surface area contributed by atoms with Gasteiger partial charge in [0.05, 0.1) is 18.8 Å². The third kappa shape index (κ3) is 18.3. The zero-order valence-electron chi connectivity index (χ0n) is 17.9. The van der Waals surface area contributed by atoms with Gasteiger partial charge in [-0.3, -0.25) is 4.79 Å². The van der Waals surface area contributed by atoms with E-state index in [1.54, 1.807) is 6.08 Å². The van der Waals surface area contributed by atoms with Crippen LogP contribution in [-0.4, -0.2) is 34.9 Å². The highest BCUT2D eigenvalue weighted by Gasteiger charge is 2.15. The summed E-state index contributed by atoms with van der Waals surface area (Å²) in [6, 6.07) is -0.616. The molecule has 160 valence electrons. The van der Waals surface area contributed by atoms with Gasteiger partial charge in [-0.1, -0.05) is 103 Å². The van der Waals surface area contributed by atoms with Crippen LogP contribution in [0.1, 0.15) is 110 Å². The lowest BCUT2D eigenvalue weighted by Gasteiger charge is -2.18. The van der Waals surface area contributed by atoms with Gasteiger partial charge in [0, 0.05) is 6.92 Å². The van der Waals surface area contributed by atoms with Crippen LogP contribution in [0.15, 0.2) is 12.2 Å². The summed E-state index contributed by atoms with van der Waals surface area (Å²) in [5.74, 6) is -0.242. The summed E-state index contributed by atoms with van der Waals surface area (Å²) in [5.41, 5.74) is 0. The van der Waals surface area contributed by atoms with Gasteiger partial charge >= 0.3 is 0 Å². The van der Waals surface area contributed by atoms with Crippen LogP contribution >= 0.6 is 0 Å². The van der Waals surface area contributed by atoms with Crippen LogP contribution in [-0.2, 0) is 4.79 Å². The van der Waals surface area contributed by atoms with Crippen LogP contribution < -0.4 is 5.32 Å². The summed E-state index contributed by atoms with van der Waals surface area (Å²) >= 11 is 0. The average Bonchev–Trinajstić information content (AvgIpc) is 2.65. The molecule has 0 spiro atoms. The molecule has 0 saturated carbocycles. The van der Waals surface area contributed by atoms with Crippen molar-refractivity contribution in [2.24, 2.45) is 0 Å². The lowest BCUT2D eigenvalue weighted by Crippen LogP contribution is -2.44. The van der Waals surface area contributed by atoms with Gasteiger partial charge in [-0.15, -0.1) is 0 Å². The molecular weight excluding hydrogens is 338 g/mol. The maximum Gasteiger partial charge on any atom is 0.217 e. The molecule has 0 aromatic carbocycles. The van der Waals surface area contributed by atoms with Crippen molar-refractivity contribution in [2.45, 2.75) is 122 Å². The Labute approximate surface area is 167 Å². The first-order valence-electron chi connectivity index (χ1n) is 11.3. The molecule has 0 aliphatic carbocycles. The first-order valence-corrected chi connectivity index (χ1v) is 11.3. The van der Waals surface area contributed by atoms with E-state index in [9.17, 15) is 15.0 Å². The molecule has 0 aliphatic rings. The van der Waals surface area contributed by atoms with E-state index in [0.717, 1.165) is 12.8 Å². The number of carbonyl (C=O) groups is 1. The maximum atomic E-state index is 11.0. The molecule has 4 heteroatoms. The lowest BCUT2D eigenvalue weighted by atomic mass is 10.0. The fraction of sp³-hybridized carbons (Fsp3) is 0.870. The van der Waals surface area contributed by atoms with Crippen molar-refractivity contribution < 1.29 is 15.0 Å². The van der Waals surface area contributed by atoms with Gasteiger partial charge in [-0.25, -0.2) is 0 Å². The van der Waals surface area contributed by atoms with Gasteiger partial charge in [0.15, 0.2) is 0 Å². The van der Waals surface area contributed by atoms with Crippen molar-refractivity contribution in [3.05, 3.63) is 12.2 Å². The number of rotatable bonds is 19. The van der Waals surface area contributed by atoms with Crippen molar-refractivity contribution in [3.63, 3.8) is 0 Å². The van der Waals surface area contributed by atoms with E-state index in [2.05, 4.69) is 12.2 Å². The van der Waals surface area contributed by atoms with E-state index in [1.165, 1.54) is 90.4 Å². The summed E-state index contributed by atoms with van der Waals surface area (Å²) in [5, 5.41) is 21.6. The smallest absolute Gasteiger partial charge is 0.217 e. The molecule has 0 heterocycles. The zero-order chi connectivity index (χ0) is 20.2. The number of amides is 1. The summed E-state index contributed by atoms with van der Waals surface area (Å²) in [6.45, 7) is 3.39. The molecule has 0 aromatic heterocycles. The van der Waals surface area contributed by atoms with Gasteiger partial charge < -0.3 is 15.5 Å². The summed E-state index contributed by atoms with van der Waals surface area (Å²) in [6.07, 6.45) is 22.7. The fourth-order valence-corrected chi connectivity index (χ4v) is 3.33. The predicted octanol–water partition coefficient (Wildman–Crippen LogP) is 5.27. The summed E-state index contributed by atoms with van der Waals surface area (Å²) < 4.78 is 0. The van der Waals surface area contributed by atoms with Gasteiger partial charge in [0.1, 0.15) is 0 Å².